The van der Waals surface area contributed by atoms with Crippen molar-refractivity contribution < 1.29 is 13.9 Å². The number of rotatable bonds is 4. The molecule has 2 rings (SSSR count). The Morgan fingerprint density at radius 3 is 2.67 bits per heavy atom. The highest BCUT2D eigenvalue weighted by molar-refractivity contribution is 9.10. The van der Waals surface area contributed by atoms with Crippen molar-refractivity contribution in [2.45, 2.75) is 13.0 Å². The largest absolute Gasteiger partial charge is 0.465 e. The highest BCUT2D eigenvalue weighted by atomic mass is 79.9. The van der Waals surface area contributed by atoms with Gasteiger partial charge in [-0.1, -0.05) is 34.1 Å². The average molecular weight is 352 g/mol. The smallest absolute Gasteiger partial charge is 0.340 e. The molecule has 1 N–H and O–H groups in total. The molecule has 1 atom stereocenters. The Hall–Kier alpha value is -1.88. The first-order valence-corrected chi connectivity index (χ1v) is 7.21. The van der Waals surface area contributed by atoms with Gasteiger partial charge in [-0.25, -0.2) is 9.18 Å². The fourth-order valence-corrected chi connectivity index (χ4v) is 2.69. The van der Waals surface area contributed by atoms with Crippen molar-refractivity contribution in [3.63, 3.8) is 0 Å². The fourth-order valence-electron chi connectivity index (χ4n) is 2.06. The Kier molecular flexibility index (Phi) is 4.96. The maximum atomic E-state index is 13.3. The van der Waals surface area contributed by atoms with Crippen LogP contribution in [0.15, 0.2) is 46.9 Å². The van der Waals surface area contributed by atoms with E-state index in [0.717, 1.165) is 10.0 Å². The summed E-state index contributed by atoms with van der Waals surface area (Å²) < 4.78 is 19.0. The van der Waals surface area contributed by atoms with Crippen LogP contribution >= 0.6 is 15.9 Å². The van der Waals surface area contributed by atoms with E-state index < -0.39 is 11.8 Å². The SMILES string of the molecule is COC(=O)c1cc(F)ccc1NC(C)c1ccccc1Br. The first kappa shape index (κ1) is 15.5. The van der Waals surface area contributed by atoms with E-state index in [9.17, 15) is 9.18 Å². The summed E-state index contributed by atoms with van der Waals surface area (Å²) in [4.78, 5) is 11.7. The van der Waals surface area contributed by atoms with Gasteiger partial charge in [0.1, 0.15) is 5.82 Å². The Morgan fingerprint density at radius 2 is 2.00 bits per heavy atom. The second-order valence-corrected chi connectivity index (χ2v) is 5.42. The lowest BCUT2D eigenvalue weighted by molar-refractivity contribution is 0.0601. The molecule has 0 heterocycles. The highest BCUT2D eigenvalue weighted by Crippen LogP contribution is 2.28. The van der Waals surface area contributed by atoms with Crippen LogP contribution in [0.25, 0.3) is 0 Å². The predicted octanol–water partition coefficient (Wildman–Crippen LogP) is 4.55. The van der Waals surface area contributed by atoms with E-state index in [1.165, 1.54) is 25.3 Å². The molecule has 0 bridgehead atoms. The van der Waals surface area contributed by atoms with Gasteiger partial charge in [0, 0.05) is 16.2 Å². The highest BCUT2D eigenvalue weighted by Gasteiger charge is 2.16. The molecule has 3 nitrogen and oxygen atoms in total. The second kappa shape index (κ2) is 6.72. The molecule has 5 heteroatoms. The first-order valence-electron chi connectivity index (χ1n) is 6.41. The minimum absolute atomic E-state index is 0.0607. The molecular weight excluding hydrogens is 337 g/mol. The van der Waals surface area contributed by atoms with Crippen molar-refractivity contribution in [3.8, 4) is 0 Å². The third-order valence-corrected chi connectivity index (χ3v) is 3.85. The minimum Gasteiger partial charge on any atom is -0.465 e. The third-order valence-electron chi connectivity index (χ3n) is 3.13. The van der Waals surface area contributed by atoms with Crippen LogP contribution < -0.4 is 5.32 Å². The number of methoxy groups -OCH3 is 1. The summed E-state index contributed by atoms with van der Waals surface area (Å²) in [6.07, 6.45) is 0. The molecule has 0 aliphatic heterocycles. The first-order chi connectivity index (χ1) is 10.0. The molecule has 0 aromatic heterocycles. The molecule has 2 aromatic rings. The predicted molar refractivity (Wildman–Crippen MR) is 83.9 cm³/mol. The summed E-state index contributed by atoms with van der Waals surface area (Å²) in [5.41, 5.74) is 1.75. The number of ether oxygens (including phenoxy) is 1. The Balaban J connectivity index is 2.31. The summed E-state index contributed by atoms with van der Waals surface area (Å²) >= 11 is 3.49. The van der Waals surface area contributed by atoms with Crippen LogP contribution in [0.5, 0.6) is 0 Å². The molecule has 0 saturated heterocycles. The van der Waals surface area contributed by atoms with E-state index in [1.807, 2.05) is 31.2 Å². The summed E-state index contributed by atoms with van der Waals surface area (Å²) in [5.74, 6) is -1.05. The molecular formula is C16H15BrFNO2. The lowest BCUT2D eigenvalue weighted by Gasteiger charge is -2.19. The lowest BCUT2D eigenvalue weighted by Crippen LogP contribution is -2.12. The van der Waals surface area contributed by atoms with E-state index in [4.69, 9.17) is 0 Å². The molecule has 2 aromatic carbocycles. The maximum Gasteiger partial charge on any atom is 0.340 e. The van der Waals surface area contributed by atoms with Crippen LogP contribution in [0.3, 0.4) is 0 Å². The molecule has 0 aliphatic rings. The van der Waals surface area contributed by atoms with Crippen molar-refractivity contribution in [1.82, 2.24) is 0 Å². The third kappa shape index (κ3) is 3.61. The molecule has 21 heavy (non-hydrogen) atoms. The van der Waals surface area contributed by atoms with E-state index >= 15 is 0 Å². The van der Waals surface area contributed by atoms with Gasteiger partial charge >= 0.3 is 5.97 Å². The average Bonchev–Trinajstić information content (AvgIpc) is 2.48. The number of hydrogen-bond acceptors (Lipinski definition) is 3. The van der Waals surface area contributed by atoms with Crippen LogP contribution in [-0.2, 0) is 4.74 Å². The van der Waals surface area contributed by atoms with Gasteiger partial charge in [-0.15, -0.1) is 0 Å². The monoisotopic (exact) mass is 351 g/mol. The van der Waals surface area contributed by atoms with Gasteiger partial charge in [-0.3, -0.25) is 0 Å². The molecule has 1 unspecified atom stereocenters. The normalized spacial score (nSPS) is 11.8. The second-order valence-electron chi connectivity index (χ2n) is 4.57. The van der Waals surface area contributed by atoms with Crippen LogP contribution in [0.4, 0.5) is 10.1 Å². The van der Waals surface area contributed by atoms with Crippen LogP contribution in [0.2, 0.25) is 0 Å². The minimum atomic E-state index is -0.573. The number of anilines is 1. The standard InChI is InChI=1S/C16H15BrFNO2/c1-10(12-5-3-4-6-14(12)17)19-15-8-7-11(18)9-13(15)16(20)21-2/h3-10,19H,1-2H3. The van der Waals surface area contributed by atoms with E-state index in [0.29, 0.717) is 5.69 Å². The molecule has 0 saturated carbocycles. The number of nitrogens with one attached hydrogen (secondary N) is 1. The number of halogens is 2. The van der Waals surface area contributed by atoms with Gasteiger partial charge in [-0.05, 0) is 36.8 Å². The van der Waals surface area contributed by atoms with Gasteiger partial charge in [0.15, 0.2) is 0 Å². The van der Waals surface area contributed by atoms with Gasteiger partial charge < -0.3 is 10.1 Å². The van der Waals surface area contributed by atoms with E-state index in [2.05, 4.69) is 26.0 Å². The van der Waals surface area contributed by atoms with Crippen molar-refractivity contribution in [1.29, 1.82) is 0 Å². The number of benzene rings is 2. The zero-order chi connectivity index (χ0) is 15.4. The molecule has 0 amide bonds. The summed E-state index contributed by atoms with van der Waals surface area (Å²) in [5, 5.41) is 3.21. The number of carbonyl (C=O) groups excluding carboxylic acids is 1. The van der Waals surface area contributed by atoms with Crippen molar-refractivity contribution >= 4 is 27.6 Å². The molecule has 0 spiro atoms. The summed E-state index contributed by atoms with van der Waals surface area (Å²) in [7, 11) is 1.27. The number of carbonyl (C=O) groups is 1. The Morgan fingerprint density at radius 1 is 1.29 bits per heavy atom. The van der Waals surface area contributed by atoms with E-state index in [-0.39, 0.29) is 11.6 Å². The van der Waals surface area contributed by atoms with Crippen molar-refractivity contribution in [2.75, 3.05) is 12.4 Å². The quantitative estimate of drug-likeness (QED) is 0.821. The van der Waals surface area contributed by atoms with Gasteiger partial charge in [0.25, 0.3) is 0 Å². The van der Waals surface area contributed by atoms with Crippen LogP contribution in [-0.4, -0.2) is 13.1 Å². The molecule has 110 valence electrons. The van der Waals surface area contributed by atoms with Crippen molar-refractivity contribution in [3.05, 3.63) is 63.9 Å². The van der Waals surface area contributed by atoms with Gasteiger partial charge in [-0.2, -0.15) is 0 Å². The number of hydrogen-bond donors (Lipinski definition) is 1. The lowest BCUT2D eigenvalue weighted by atomic mass is 10.1. The van der Waals surface area contributed by atoms with Gasteiger partial charge in [0.2, 0.25) is 0 Å². The maximum absolute atomic E-state index is 13.3. The van der Waals surface area contributed by atoms with Crippen LogP contribution in [0, 0.1) is 5.82 Å². The molecule has 0 aliphatic carbocycles. The Bertz CT molecular complexity index is 660. The van der Waals surface area contributed by atoms with Crippen molar-refractivity contribution in [2.24, 2.45) is 0 Å². The van der Waals surface area contributed by atoms with Crippen LogP contribution in [0.1, 0.15) is 28.9 Å². The fraction of sp³-hybridized carbons (Fsp3) is 0.188. The molecule has 0 fully saturated rings. The summed E-state index contributed by atoms with van der Waals surface area (Å²) in [6, 6.07) is 11.7. The number of esters is 1. The molecule has 0 radical (unpaired) electrons. The zero-order valence-corrected chi connectivity index (χ0v) is 13.3. The topological polar surface area (TPSA) is 38.3 Å². The zero-order valence-electron chi connectivity index (χ0n) is 11.7. The van der Waals surface area contributed by atoms with Gasteiger partial charge in [0.05, 0.1) is 12.7 Å². The Labute approximate surface area is 131 Å². The summed E-state index contributed by atoms with van der Waals surface area (Å²) in [6.45, 7) is 1.96. The van der Waals surface area contributed by atoms with E-state index in [1.54, 1.807) is 0 Å².